The number of anilines is 2. The van der Waals surface area contributed by atoms with Crippen molar-refractivity contribution in [2.45, 2.75) is 57.2 Å². The molecule has 5 heterocycles. The molecule has 1 spiro atoms. The van der Waals surface area contributed by atoms with Crippen LogP contribution in [-0.2, 0) is 11.0 Å². The van der Waals surface area contributed by atoms with E-state index in [1.54, 1.807) is 17.5 Å². The van der Waals surface area contributed by atoms with Crippen molar-refractivity contribution in [3.63, 3.8) is 0 Å². The third-order valence-corrected chi connectivity index (χ3v) is 9.16. The number of nitrogens with one attached hydrogen (secondary N) is 1. The molecule has 7 rings (SSSR count). The molecule has 1 saturated carbocycles. The van der Waals surface area contributed by atoms with Gasteiger partial charge < -0.3 is 20.7 Å². The number of pyridine rings is 1. The maximum atomic E-state index is 16.1. The van der Waals surface area contributed by atoms with Crippen molar-refractivity contribution in [2.75, 3.05) is 24.2 Å². The Hall–Kier alpha value is -4.75. The molecule has 4 aromatic rings. The number of nitrogens with two attached hydrogens (primary N) is 1. The molecular weight excluding hydrogens is 594 g/mol. The van der Waals surface area contributed by atoms with Gasteiger partial charge in [-0.25, -0.2) is 19.3 Å². The number of ether oxygens (including phenoxy) is 1. The topological polar surface area (TPSA) is 128 Å². The van der Waals surface area contributed by atoms with E-state index in [0.29, 0.717) is 30.4 Å². The van der Waals surface area contributed by atoms with Gasteiger partial charge in [-0.1, -0.05) is 0 Å². The number of amides is 2. The minimum Gasteiger partial charge on any atom is -0.493 e. The zero-order valence-corrected chi connectivity index (χ0v) is 24.2. The van der Waals surface area contributed by atoms with Gasteiger partial charge in [0.05, 0.1) is 17.7 Å². The molecule has 10 nitrogen and oxygen atoms in total. The number of carbonyl (C=O) groups excluding carboxylic acids is 2. The molecule has 3 fully saturated rings. The number of fused-ring (bicyclic) bond motifs is 3. The molecule has 1 aliphatic carbocycles. The van der Waals surface area contributed by atoms with Gasteiger partial charge >= 0.3 is 6.18 Å². The molecule has 2 aliphatic heterocycles. The lowest BCUT2D eigenvalue weighted by molar-refractivity contribution is -0.137. The van der Waals surface area contributed by atoms with Crippen LogP contribution in [0.2, 0.25) is 0 Å². The molecule has 2 saturated heterocycles. The van der Waals surface area contributed by atoms with E-state index in [4.69, 9.17) is 15.5 Å². The molecule has 1 aromatic carbocycles. The van der Waals surface area contributed by atoms with Crippen LogP contribution in [0.5, 0.6) is 5.75 Å². The summed E-state index contributed by atoms with van der Waals surface area (Å²) in [5.41, 5.74) is 5.72. The Balaban J connectivity index is 1.26. The summed E-state index contributed by atoms with van der Waals surface area (Å²) in [4.78, 5) is 40.8. The van der Waals surface area contributed by atoms with E-state index in [2.05, 4.69) is 15.3 Å². The highest BCUT2D eigenvalue weighted by molar-refractivity contribution is 6.05. The average Bonchev–Trinajstić information content (AvgIpc) is 3.59. The van der Waals surface area contributed by atoms with Crippen molar-refractivity contribution in [2.24, 2.45) is 5.41 Å². The van der Waals surface area contributed by atoms with Crippen molar-refractivity contribution in [3.8, 4) is 17.0 Å². The van der Waals surface area contributed by atoms with Crippen LogP contribution < -0.4 is 15.8 Å². The zero-order chi connectivity index (χ0) is 31.7. The number of halogens is 4. The van der Waals surface area contributed by atoms with Gasteiger partial charge in [-0.3, -0.25) is 14.0 Å². The van der Waals surface area contributed by atoms with Crippen LogP contribution in [-0.4, -0.2) is 55.3 Å². The van der Waals surface area contributed by atoms with Crippen LogP contribution >= 0.6 is 0 Å². The number of nitrogen functional groups attached to an aromatic ring is 1. The number of aromatic nitrogens is 4. The van der Waals surface area contributed by atoms with Gasteiger partial charge in [-0.15, -0.1) is 0 Å². The zero-order valence-electron chi connectivity index (χ0n) is 24.2. The number of benzene rings is 1. The lowest BCUT2D eigenvalue weighted by Crippen LogP contribution is -2.43. The molecule has 0 bridgehead atoms. The van der Waals surface area contributed by atoms with E-state index in [1.807, 2.05) is 4.90 Å². The summed E-state index contributed by atoms with van der Waals surface area (Å²) in [6.45, 7) is 2.29. The number of nitrogens with zero attached hydrogens (tertiary/aromatic N) is 5. The molecule has 14 heteroatoms. The highest BCUT2D eigenvalue weighted by Gasteiger charge is 2.60. The van der Waals surface area contributed by atoms with E-state index >= 15 is 4.39 Å². The number of hydrogen-bond acceptors (Lipinski definition) is 7. The fourth-order valence-electron chi connectivity index (χ4n) is 6.91. The molecule has 0 radical (unpaired) electrons. The Morgan fingerprint density at radius 3 is 2.71 bits per heavy atom. The van der Waals surface area contributed by atoms with Crippen LogP contribution in [0.1, 0.15) is 66.7 Å². The fourth-order valence-corrected chi connectivity index (χ4v) is 6.91. The van der Waals surface area contributed by atoms with Crippen LogP contribution in [0.25, 0.3) is 16.8 Å². The summed E-state index contributed by atoms with van der Waals surface area (Å²) < 4.78 is 63.1. The highest BCUT2D eigenvalue weighted by atomic mass is 19.4. The normalized spacial score (nSPS) is 20.5. The van der Waals surface area contributed by atoms with Gasteiger partial charge in [0.25, 0.3) is 5.91 Å². The first-order valence-corrected chi connectivity index (χ1v) is 14.7. The van der Waals surface area contributed by atoms with E-state index in [0.717, 1.165) is 44.0 Å². The summed E-state index contributed by atoms with van der Waals surface area (Å²) in [7, 11) is 0. The van der Waals surface area contributed by atoms with Gasteiger partial charge in [-0.2, -0.15) is 13.2 Å². The number of piperidine rings is 1. The van der Waals surface area contributed by atoms with Crippen molar-refractivity contribution in [3.05, 3.63) is 65.6 Å². The molecule has 3 aromatic heterocycles. The SMILES string of the molecule is CCOc1cc(C(=O)Nc2cc(C(F)(F)F)ccn2)cc(F)c1-c1nc([C@@H]2CC[C@@H]3N(C2)C(=O)CC32CC2)n2ccnc(N)c12. The molecule has 2 amide bonds. The lowest BCUT2D eigenvalue weighted by Gasteiger charge is -2.37. The molecular formula is C31H29F4N7O3. The number of hydrogen-bond donors (Lipinski definition) is 2. The van der Waals surface area contributed by atoms with Crippen LogP contribution in [0, 0.1) is 11.2 Å². The molecule has 3 aliphatic rings. The molecule has 3 N–H and O–H groups in total. The lowest BCUT2D eigenvalue weighted by atomic mass is 9.86. The van der Waals surface area contributed by atoms with Gasteiger partial charge in [-0.05, 0) is 62.3 Å². The molecule has 2 atom stereocenters. The second kappa shape index (κ2) is 10.4. The summed E-state index contributed by atoms with van der Waals surface area (Å²) >= 11 is 0. The maximum absolute atomic E-state index is 16.1. The summed E-state index contributed by atoms with van der Waals surface area (Å²) in [6, 6.07) is 3.96. The van der Waals surface area contributed by atoms with Crippen molar-refractivity contribution in [1.29, 1.82) is 0 Å². The average molecular weight is 624 g/mol. The second-order valence-electron chi connectivity index (χ2n) is 11.9. The molecule has 234 valence electrons. The van der Waals surface area contributed by atoms with E-state index < -0.39 is 23.5 Å². The largest absolute Gasteiger partial charge is 0.493 e. The van der Waals surface area contributed by atoms with Crippen molar-refractivity contribution in [1.82, 2.24) is 24.3 Å². The third-order valence-electron chi connectivity index (χ3n) is 9.16. The Labute approximate surface area is 254 Å². The number of alkyl halides is 3. The van der Waals surface area contributed by atoms with Gasteiger partial charge in [0.2, 0.25) is 5.91 Å². The minimum atomic E-state index is -4.64. The summed E-state index contributed by atoms with van der Waals surface area (Å²) in [6.07, 6.45) is 3.89. The van der Waals surface area contributed by atoms with Gasteiger partial charge in [0, 0.05) is 49.1 Å². The monoisotopic (exact) mass is 623 g/mol. The maximum Gasteiger partial charge on any atom is 0.416 e. The van der Waals surface area contributed by atoms with Gasteiger partial charge in [0.1, 0.15) is 40.2 Å². The summed E-state index contributed by atoms with van der Waals surface area (Å²) in [5, 5.41) is 2.29. The highest BCUT2D eigenvalue weighted by Crippen LogP contribution is 2.60. The predicted octanol–water partition coefficient (Wildman–Crippen LogP) is 5.44. The Morgan fingerprint density at radius 1 is 1.18 bits per heavy atom. The summed E-state index contributed by atoms with van der Waals surface area (Å²) in [5.74, 6) is -1.36. The van der Waals surface area contributed by atoms with Crippen LogP contribution in [0.3, 0.4) is 0 Å². The first kappa shape index (κ1) is 29.0. The number of carbonyl (C=O) groups is 2. The smallest absolute Gasteiger partial charge is 0.416 e. The fraction of sp³-hybridized carbons (Fsp3) is 0.387. The first-order chi connectivity index (χ1) is 21.5. The van der Waals surface area contributed by atoms with E-state index in [9.17, 15) is 22.8 Å². The standard InChI is InChI=1S/C31H29F4N7O3/c1-2-45-20-12-17(29(44)39-22-13-18(5-8-37-22)31(33,34)35)11-19(32)24(20)25-26-27(36)38-9-10-41(26)28(40-25)16-3-4-21-30(6-7-30)14-23(43)42(21)15-16/h5,8-13,16,21H,2-4,6-7,14-15H2,1H3,(H2,36,38)(H,37,39,44)/t16-,21+/m1/s1. The van der Waals surface area contributed by atoms with Crippen molar-refractivity contribution >= 4 is 29.0 Å². The molecule has 0 unspecified atom stereocenters. The molecule has 45 heavy (non-hydrogen) atoms. The first-order valence-electron chi connectivity index (χ1n) is 14.7. The minimum absolute atomic E-state index is 0.0106. The number of imidazole rings is 1. The number of rotatable bonds is 6. The third kappa shape index (κ3) is 4.92. The van der Waals surface area contributed by atoms with Crippen LogP contribution in [0.4, 0.5) is 29.2 Å². The predicted molar refractivity (Wildman–Crippen MR) is 155 cm³/mol. The second-order valence-corrected chi connectivity index (χ2v) is 11.9. The Bertz CT molecular complexity index is 1850. The van der Waals surface area contributed by atoms with Gasteiger partial charge in [0.15, 0.2) is 0 Å². The Morgan fingerprint density at radius 2 is 1.98 bits per heavy atom. The van der Waals surface area contributed by atoms with Crippen molar-refractivity contribution < 1.29 is 31.9 Å². The quantitative estimate of drug-likeness (QED) is 0.274. The Kier molecular flexibility index (Phi) is 6.71. The van der Waals surface area contributed by atoms with E-state index in [1.165, 1.54) is 12.3 Å². The van der Waals surface area contributed by atoms with E-state index in [-0.39, 0.29) is 64.1 Å². The van der Waals surface area contributed by atoms with Crippen LogP contribution in [0.15, 0.2) is 42.9 Å².